The molecular weight excluding hydrogens is 466 g/mol. The zero-order chi connectivity index (χ0) is 27.3. The van der Waals surface area contributed by atoms with Crippen molar-refractivity contribution in [2.45, 2.75) is 72.6 Å². The van der Waals surface area contributed by atoms with Gasteiger partial charge in [-0.15, -0.1) is 0 Å². The van der Waals surface area contributed by atoms with Crippen LogP contribution in [0.2, 0.25) is 0 Å². The molecule has 2 aromatic rings. The van der Waals surface area contributed by atoms with Crippen LogP contribution in [0.25, 0.3) is 0 Å². The number of aryl methyl sites for hydroxylation is 1. The smallest absolute Gasteiger partial charge is 0.167 e. The van der Waals surface area contributed by atoms with Crippen molar-refractivity contribution in [2.75, 3.05) is 0 Å². The molecule has 2 atom stereocenters. The predicted molar refractivity (Wildman–Crippen MR) is 162 cm³/mol. The van der Waals surface area contributed by atoms with E-state index < -0.39 is 0 Å². The van der Waals surface area contributed by atoms with Crippen molar-refractivity contribution < 1.29 is 11.3 Å². The summed E-state index contributed by atoms with van der Waals surface area (Å²) in [7, 11) is 0. The lowest BCUT2D eigenvalue weighted by Crippen LogP contribution is -2.09. The van der Waals surface area contributed by atoms with Gasteiger partial charge in [-0.3, -0.25) is 9.79 Å². The molecule has 3 heteroatoms. The van der Waals surface area contributed by atoms with E-state index in [4.69, 9.17) is 0 Å². The number of phenolic OH excluding ortho intramolecular Hbond substituents is 1. The first-order valence-electron chi connectivity index (χ1n) is 14.1. The van der Waals surface area contributed by atoms with Crippen LogP contribution in [0, 0.1) is 23.7 Å². The molecule has 0 radical (unpaired) electrons. The third-order valence-electron chi connectivity index (χ3n) is 6.91. The third-order valence-corrected chi connectivity index (χ3v) is 6.91. The van der Waals surface area contributed by atoms with Crippen LogP contribution < -0.4 is 0 Å². The number of aromatic hydroxyl groups is 1. The molecule has 0 saturated heterocycles. The zero-order valence-electron chi connectivity index (χ0n) is 23.3. The van der Waals surface area contributed by atoms with Crippen molar-refractivity contribution in [2.24, 2.45) is 16.8 Å². The van der Waals surface area contributed by atoms with Crippen LogP contribution in [0.3, 0.4) is 0 Å². The van der Waals surface area contributed by atoms with Gasteiger partial charge in [0.05, 0.1) is 11.6 Å². The van der Waals surface area contributed by atoms with Gasteiger partial charge in [-0.1, -0.05) is 108 Å². The number of hydrogen-bond donors (Lipinski definition) is 1. The second-order valence-electron chi connectivity index (χ2n) is 9.89. The van der Waals surface area contributed by atoms with E-state index >= 15 is 0 Å². The average molecular weight is 510 g/mol. The molecule has 1 N–H and O–H groups in total. The van der Waals surface area contributed by atoms with Crippen LogP contribution in [-0.2, 0) is 12.8 Å². The van der Waals surface area contributed by atoms with Crippen LogP contribution in [0.5, 0.6) is 5.75 Å². The molecule has 0 spiro atoms. The van der Waals surface area contributed by atoms with Gasteiger partial charge in [0, 0.05) is 30.7 Å². The molecule has 1 aliphatic carbocycles. The molecular formula is C35H43NO2. The number of carbonyl (C=O) groups excluding carboxylic acids is 1. The van der Waals surface area contributed by atoms with E-state index in [1.54, 1.807) is 6.07 Å². The maximum Gasteiger partial charge on any atom is 0.167 e. The number of phenols is 1. The lowest BCUT2D eigenvalue weighted by Gasteiger charge is -2.10. The standard InChI is InChI=1S/C33H35NO2.C2H6.H2/c1-3-9-24(2)10-4-5-12-27-18-17-26(21-32(27)35)22-33(36)28-13-8-11-25(20-28)16-19-29-23-34-31-15-7-6-14-30(29)31;1-2;/h6-8,11,13-15,17-18,20-21,23-24,30,35H,3-5,9-10,12,22H2,1-2H3;1-2H3;1H. The van der Waals surface area contributed by atoms with E-state index in [9.17, 15) is 9.90 Å². The summed E-state index contributed by atoms with van der Waals surface area (Å²) in [5.41, 5.74) is 5.20. The number of hydrogen-bond acceptors (Lipinski definition) is 3. The van der Waals surface area contributed by atoms with E-state index in [0.29, 0.717) is 11.3 Å². The maximum absolute atomic E-state index is 13.0. The number of rotatable bonds is 10. The molecule has 38 heavy (non-hydrogen) atoms. The highest BCUT2D eigenvalue weighted by Crippen LogP contribution is 2.25. The fourth-order valence-corrected chi connectivity index (χ4v) is 4.83. The van der Waals surface area contributed by atoms with Gasteiger partial charge in [0.2, 0.25) is 0 Å². The van der Waals surface area contributed by atoms with Crippen molar-refractivity contribution in [3.63, 3.8) is 0 Å². The first kappa shape index (κ1) is 28.9. The molecule has 2 aliphatic rings. The van der Waals surface area contributed by atoms with Gasteiger partial charge in [0.1, 0.15) is 5.75 Å². The Morgan fingerprint density at radius 1 is 1.08 bits per heavy atom. The summed E-state index contributed by atoms with van der Waals surface area (Å²) in [6, 6.07) is 13.1. The summed E-state index contributed by atoms with van der Waals surface area (Å²) in [5, 5.41) is 10.5. The molecule has 200 valence electrons. The van der Waals surface area contributed by atoms with Crippen molar-refractivity contribution in [3.05, 3.63) is 101 Å². The lowest BCUT2D eigenvalue weighted by molar-refractivity contribution is 0.0993. The van der Waals surface area contributed by atoms with Crippen molar-refractivity contribution in [3.8, 4) is 17.6 Å². The molecule has 0 amide bonds. The van der Waals surface area contributed by atoms with Crippen molar-refractivity contribution in [1.29, 1.82) is 0 Å². The number of unbranched alkanes of at least 4 members (excludes halogenated alkanes) is 1. The summed E-state index contributed by atoms with van der Waals surface area (Å²) in [6.07, 6.45) is 17.1. The zero-order valence-corrected chi connectivity index (χ0v) is 23.3. The van der Waals surface area contributed by atoms with Crippen molar-refractivity contribution in [1.82, 2.24) is 0 Å². The van der Waals surface area contributed by atoms with Gasteiger partial charge in [0.25, 0.3) is 0 Å². The highest BCUT2D eigenvalue weighted by Gasteiger charge is 2.20. The fourth-order valence-electron chi connectivity index (χ4n) is 4.83. The van der Waals surface area contributed by atoms with Crippen LogP contribution >= 0.6 is 0 Å². The molecule has 2 unspecified atom stereocenters. The van der Waals surface area contributed by atoms with Gasteiger partial charge in [-0.05, 0) is 54.2 Å². The molecule has 3 nitrogen and oxygen atoms in total. The quantitative estimate of drug-likeness (QED) is 0.198. The first-order chi connectivity index (χ1) is 18.5. The largest absolute Gasteiger partial charge is 0.508 e. The summed E-state index contributed by atoms with van der Waals surface area (Å²) in [4.78, 5) is 17.4. The Morgan fingerprint density at radius 3 is 2.71 bits per heavy atom. The predicted octanol–water partition coefficient (Wildman–Crippen LogP) is 8.67. The molecule has 2 aromatic carbocycles. The number of Topliss-reactive ketones (excluding diaryl/α,β-unsaturated/α-hetero) is 1. The fraction of sp³-hybridized carbons (Fsp3) is 0.371. The van der Waals surface area contributed by atoms with E-state index in [1.807, 2.05) is 74.7 Å². The highest BCUT2D eigenvalue weighted by atomic mass is 16.3. The first-order valence-corrected chi connectivity index (χ1v) is 14.1. The molecule has 0 bridgehead atoms. The van der Waals surface area contributed by atoms with E-state index in [1.165, 1.54) is 25.7 Å². The highest BCUT2D eigenvalue weighted by molar-refractivity contribution is 6.04. The summed E-state index contributed by atoms with van der Waals surface area (Å²) in [5.74, 6) is 7.63. The number of aliphatic imine (C=N–C) groups is 1. The normalized spacial score (nSPS) is 15.8. The lowest BCUT2D eigenvalue weighted by atomic mass is 9.93. The second kappa shape index (κ2) is 14.9. The Kier molecular flexibility index (Phi) is 11.4. The second-order valence-corrected chi connectivity index (χ2v) is 9.89. The summed E-state index contributed by atoms with van der Waals surface area (Å²) >= 11 is 0. The Hall–Kier alpha value is -3.64. The van der Waals surface area contributed by atoms with E-state index in [2.05, 4.69) is 36.8 Å². The molecule has 4 rings (SSSR count). The average Bonchev–Trinajstić information content (AvgIpc) is 3.35. The van der Waals surface area contributed by atoms with Crippen LogP contribution in [0.1, 0.15) is 88.3 Å². The molecule has 1 aliphatic heterocycles. The number of nitrogens with zero attached hydrogens (tertiary/aromatic N) is 1. The minimum atomic E-state index is 0. The number of carbonyl (C=O) groups is 1. The maximum atomic E-state index is 13.0. The third kappa shape index (κ3) is 8.18. The number of benzene rings is 2. The number of fused-ring (bicyclic) bond motifs is 1. The van der Waals surface area contributed by atoms with Gasteiger partial charge in [0.15, 0.2) is 5.78 Å². The number of allylic oxidation sites excluding steroid dienone is 5. The van der Waals surface area contributed by atoms with Gasteiger partial charge < -0.3 is 5.11 Å². The summed E-state index contributed by atoms with van der Waals surface area (Å²) in [6.45, 7) is 8.55. The van der Waals surface area contributed by atoms with Gasteiger partial charge >= 0.3 is 0 Å². The minimum Gasteiger partial charge on any atom is -0.508 e. The van der Waals surface area contributed by atoms with E-state index in [-0.39, 0.29) is 19.5 Å². The molecule has 1 heterocycles. The van der Waals surface area contributed by atoms with E-state index in [0.717, 1.165) is 46.7 Å². The minimum absolute atomic E-state index is 0. The SMILES string of the molecule is CC.CCCC(C)CCCCc1ccc(CC(=O)c2cccc(C#CC3=CN=C4C=CC=CC34)c2)cc1O.[HH]. The Bertz CT molecular complexity index is 1290. The molecule has 0 fully saturated rings. The van der Waals surface area contributed by atoms with Crippen molar-refractivity contribution >= 4 is 11.5 Å². The number of ketones is 1. The topological polar surface area (TPSA) is 49.7 Å². The Morgan fingerprint density at radius 2 is 1.92 bits per heavy atom. The Balaban J connectivity index is 0.00000174. The van der Waals surface area contributed by atoms with Crippen LogP contribution in [-0.4, -0.2) is 16.6 Å². The molecule has 0 aromatic heterocycles. The monoisotopic (exact) mass is 509 g/mol. The summed E-state index contributed by atoms with van der Waals surface area (Å²) < 4.78 is 0. The van der Waals surface area contributed by atoms with Gasteiger partial charge in [-0.25, -0.2) is 0 Å². The van der Waals surface area contributed by atoms with Crippen LogP contribution in [0.4, 0.5) is 0 Å². The molecule has 0 saturated carbocycles. The Labute approximate surface area is 230 Å². The van der Waals surface area contributed by atoms with Gasteiger partial charge in [-0.2, -0.15) is 0 Å². The van der Waals surface area contributed by atoms with Crippen LogP contribution in [0.15, 0.2) is 83.5 Å².